The van der Waals surface area contributed by atoms with E-state index in [-0.39, 0.29) is 0 Å². The number of aryl methyl sites for hydroxylation is 1. The number of benzene rings is 1. The largest absolute Gasteiger partial charge is 0.493 e. The molecule has 0 atom stereocenters. The Morgan fingerprint density at radius 1 is 1.31 bits per heavy atom. The first kappa shape index (κ1) is 11.3. The summed E-state index contributed by atoms with van der Waals surface area (Å²) in [6, 6.07) is 6.31. The van der Waals surface area contributed by atoms with Crippen molar-refractivity contribution in [3.05, 3.63) is 23.8 Å². The molecular formula is C13H19NO2. The third kappa shape index (κ3) is 2.89. The van der Waals surface area contributed by atoms with Gasteiger partial charge in [0.15, 0.2) is 0 Å². The Kier molecular flexibility index (Phi) is 4.05. The Morgan fingerprint density at radius 2 is 2.25 bits per heavy atom. The Hall–Kier alpha value is -1.22. The average Bonchev–Trinajstić information content (AvgIpc) is 2.34. The van der Waals surface area contributed by atoms with Gasteiger partial charge in [0.2, 0.25) is 0 Å². The molecule has 0 radical (unpaired) electrons. The molecule has 0 bridgehead atoms. The first-order valence-electron chi connectivity index (χ1n) is 5.88. The van der Waals surface area contributed by atoms with E-state index in [2.05, 4.69) is 23.5 Å². The second kappa shape index (κ2) is 5.75. The highest BCUT2D eigenvalue weighted by Gasteiger charge is 2.08. The Bertz CT molecular complexity index is 339. The predicted molar refractivity (Wildman–Crippen MR) is 65.2 cm³/mol. The van der Waals surface area contributed by atoms with E-state index < -0.39 is 0 Å². The maximum Gasteiger partial charge on any atom is 0.121 e. The van der Waals surface area contributed by atoms with E-state index in [1.807, 2.05) is 0 Å². The average molecular weight is 221 g/mol. The molecule has 1 N–H and O–H groups in total. The van der Waals surface area contributed by atoms with Crippen molar-refractivity contribution in [2.45, 2.75) is 19.3 Å². The lowest BCUT2D eigenvalue weighted by Crippen LogP contribution is -2.11. The normalized spacial score (nSPS) is 14.1. The van der Waals surface area contributed by atoms with Crippen LogP contribution in [0.15, 0.2) is 18.2 Å². The van der Waals surface area contributed by atoms with Crippen molar-refractivity contribution in [3.63, 3.8) is 0 Å². The minimum absolute atomic E-state index is 0.715. The fourth-order valence-corrected chi connectivity index (χ4v) is 1.92. The van der Waals surface area contributed by atoms with Crippen molar-refractivity contribution in [1.29, 1.82) is 0 Å². The number of rotatable bonds is 5. The number of hydrogen-bond donors (Lipinski definition) is 1. The van der Waals surface area contributed by atoms with Gasteiger partial charge in [0, 0.05) is 38.4 Å². The summed E-state index contributed by atoms with van der Waals surface area (Å²) < 4.78 is 10.6. The first-order chi connectivity index (χ1) is 7.90. The molecule has 0 aliphatic carbocycles. The van der Waals surface area contributed by atoms with E-state index in [9.17, 15) is 0 Å². The highest BCUT2D eigenvalue weighted by Crippen LogP contribution is 2.26. The second-order valence-electron chi connectivity index (χ2n) is 4.04. The molecule has 88 valence electrons. The monoisotopic (exact) mass is 221 g/mol. The summed E-state index contributed by atoms with van der Waals surface area (Å²) >= 11 is 0. The van der Waals surface area contributed by atoms with Crippen molar-refractivity contribution in [2.75, 3.05) is 32.2 Å². The molecule has 3 heteroatoms. The molecule has 1 aliphatic heterocycles. The van der Waals surface area contributed by atoms with Crippen LogP contribution in [-0.2, 0) is 11.2 Å². The smallest absolute Gasteiger partial charge is 0.121 e. The molecule has 0 fully saturated rings. The fraction of sp³-hybridized carbons (Fsp3) is 0.538. The number of nitrogens with one attached hydrogen (secondary N) is 1. The van der Waals surface area contributed by atoms with Crippen LogP contribution in [0.1, 0.15) is 18.4 Å². The van der Waals surface area contributed by atoms with E-state index in [0.717, 1.165) is 25.3 Å². The summed E-state index contributed by atoms with van der Waals surface area (Å²) in [6.07, 6.45) is 3.33. The minimum atomic E-state index is 0.715. The van der Waals surface area contributed by atoms with Crippen LogP contribution >= 0.6 is 0 Å². The number of hydrogen-bond acceptors (Lipinski definition) is 3. The molecule has 2 rings (SSSR count). The summed E-state index contributed by atoms with van der Waals surface area (Å²) in [5.41, 5.74) is 2.63. The van der Waals surface area contributed by atoms with E-state index in [1.165, 1.54) is 24.1 Å². The third-order valence-corrected chi connectivity index (χ3v) is 2.78. The van der Waals surface area contributed by atoms with Crippen LogP contribution in [0.25, 0.3) is 0 Å². The Balaban J connectivity index is 1.90. The number of fused-ring (bicyclic) bond motifs is 1. The van der Waals surface area contributed by atoms with Gasteiger partial charge in [-0.3, -0.25) is 0 Å². The molecule has 1 aromatic rings. The molecule has 0 spiro atoms. The van der Waals surface area contributed by atoms with Crippen LogP contribution in [0.5, 0.6) is 5.75 Å². The van der Waals surface area contributed by atoms with Gasteiger partial charge in [-0.05, 0) is 24.5 Å². The molecule has 0 amide bonds. The molecule has 3 nitrogen and oxygen atoms in total. The van der Waals surface area contributed by atoms with E-state index in [0.29, 0.717) is 6.61 Å². The van der Waals surface area contributed by atoms with E-state index in [1.54, 1.807) is 7.11 Å². The standard InChI is InChI=1S/C13H19NO2/c1-15-8-3-9-16-12-6-5-11-4-2-7-14-13(11)10-12/h5-6,10,14H,2-4,7-9H2,1H3. The highest BCUT2D eigenvalue weighted by molar-refractivity contribution is 5.56. The number of anilines is 1. The van der Waals surface area contributed by atoms with Gasteiger partial charge in [0.1, 0.15) is 5.75 Å². The third-order valence-electron chi connectivity index (χ3n) is 2.78. The van der Waals surface area contributed by atoms with Gasteiger partial charge in [-0.25, -0.2) is 0 Å². The van der Waals surface area contributed by atoms with Gasteiger partial charge >= 0.3 is 0 Å². The van der Waals surface area contributed by atoms with E-state index >= 15 is 0 Å². The SMILES string of the molecule is COCCCOc1ccc2c(c1)NCCC2. The van der Waals surface area contributed by atoms with Crippen molar-refractivity contribution >= 4 is 5.69 Å². The highest BCUT2D eigenvalue weighted by atomic mass is 16.5. The molecule has 16 heavy (non-hydrogen) atoms. The summed E-state index contributed by atoms with van der Waals surface area (Å²) in [5, 5.41) is 3.40. The minimum Gasteiger partial charge on any atom is -0.493 e. The van der Waals surface area contributed by atoms with Gasteiger partial charge in [-0.1, -0.05) is 6.07 Å². The van der Waals surface area contributed by atoms with Crippen LogP contribution in [0.2, 0.25) is 0 Å². The van der Waals surface area contributed by atoms with Crippen LogP contribution < -0.4 is 10.1 Å². The molecular weight excluding hydrogens is 202 g/mol. The summed E-state index contributed by atoms with van der Waals surface area (Å²) in [5.74, 6) is 0.948. The quantitative estimate of drug-likeness (QED) is 0.775. The topological polar surface area (TPSA) is 30.5 Å². The van der Waals surface area contributed by atoms with Crippen LogP contribution in [0.4, 0.5) is 5.69 Å². The second-order valence-corrected chi connectivity index (χ2v) is 4.04. The van der Waals surface area contributed by atoms with Crippen LogP contribution in [-0.4, -0.2) is 26.9 Å². The summed E-state index contributed by atoms with van der Waals surface area (Å²) in [7, 11) is 1.71. The maximum atomic E-state index is 5.65. The van der Waals surface area contributed by atoms with Crippen molar-refractivity contribution < 1.29 is 9.47 Å². The molecule has 1 heterocycles. The molecule has 0 saturated heterocycles. The summed E-state index contributed by atoms with van der Waals surface area (Å²) in [6.45, 7) is 2.54. The fourth-order valence-electron chi connectivity index (χ4n) is 1.92. The molecule has 0 aromatic heterocycles. The van der Waals surface area contributed by atoms with Gasteiger partial charge < -0.3 is 14.8 Å². The molecule has 0 unspecified atom stereocenters. The van der Waals surface area contributed by atoms with Gasteiger partial charge in [-0.15, -0.1) is 0 Å². The van der Waals surface area contributed by atoms with Crippen molar-refractivity contribution in [2.24, 2.45) is 0 Å². The van der Waals surface area contributed by atoms with Crippen LogP contribution in [0, 0.1) is 0 Å². The van der Waals surface area contributed by atoms with Crippen molar-refractivity contribution in [1.82, 2.24) is 0 Å². The van der Waals surface area contributed by atoms with Crippen LogP contribution in [0.3, 0.4) is 0 Å². The molecule has 1 aromatic carbocycles. The molecule has 0 saturated carbocycles. The Labute approximate surface area is 96.8 Å². The number of ether oxygens (including phenoxy) is 2. The van der Waals surface area contributed by atoms with Crippen molar-refractivity contribution in [3.8, 4) is 5.75 Å². The zero-order valence-electron chi connectivity index (χ0n) is 9.79. The Morgan fingerprint density at radius 3 is 3.12 bits per heavy atom. The lowest BCUT2D eigenvalue weighted by molar-refractivity contribution is 0.172. The lowest BCUT2D eigenvalue weighted by Gasteiger charge is -2.18. The van der Waals surface area contributed by atoms with E-state index in [4.69, 9.17) is 9.47 Å². The predicted octanol–water partition coefficient (Wildman–Crippen LogP) is 2.46. The van der Waals surface area contributed by atoms with Gasteiger partial charge in [0.25, 0.3) is 0 Å². The van der Waals surface area contributed by atoms with Gasteiger partial charge in [-0.2, -0.15) is 0 Å². The lowest BCUT2D eigenvalue weighted by atomic mass is 10.0. The zero-order valence-corrected chi connectivity index (χ0v) is 9.79. The maximum absolute atomic E-state index is 5.65. The zero-order chi connectivity index (χ0) is 11.2. The first-order valence-corrected chi connectivity index (χ1v) is 5.88. The molecule has 1 aliphatic rings. The van der Waals surface area contributed by atoms with Gasteiger partial charge in [0.05, 0.1) is 6.61 Å². The summed E-state index contributed by atoms with van der Waals surface area (Å²) in [4.78, 5) is 0. The number of methoxy groups -OCH3 is 1.